The van der Waals surface area contributed by atoms with Crippen LogP contribution in [0.4, 0.5) is 0 Å². The van der Waals surface area contributed by atoms with Crippen molar-refractivity contribution in [1.82, 2.24) is 4.90 Å². The molecule has 1 fully saturated rings. The number of piperidine rings is 1. The minimum atomic E-state index is 0.292. The van der Waals surface area contributed by atoms with E-state index in [9.17, 15) is 0 Å². The van der Waals surface area contributed by atoms with Gasteiger partial charge in [0.1, 0.15) is 0 Å². The third-order valence-electron chi connectivity index (χ3n) is 3.66. The van der Waals surface area contributed by atoms with Crippen LogP contribution < -0.4 is 5.73 Å². The Hall–Kier alpha value is -0.520. The maximum absolute atomic E-state index is 6.04. The van der Waals surface area contributed by atoms with Gasteiger partial charge in [-0.1, -0.05) is 19.8 Å². The topological polar surface area (TPSA) is 29.3 Å². The lowest BCUT2D eigenvalue weighted by atomic mass is 9.86. The average Bonchev–Trinajstić information content (AvgIpc) is 2.19. The van der Waals surface area contributed by atoms with Gasteiger partial charge in [-0.05, 0) is 25.7 Å². The van der Waals surface area contributed by atoms with Gasteiger partial charge >= 0.3 is 0 Å². The number of likely N-dealkylation sites (tertiary alicyclic amines) is 1. The van der Waals surface area contributed by atoms with Crippen molar-refractivity contribution < 1.29 is 0 Å². The molecule has 4 unspecified atom stereocenters. The zero-order valence-corrected chi connectivity index (χ0v) is 9.53. The molecule has 1 aliphatic rings. The molecule has 2 N–H and O–H groups in total. The molecule has 14 heavy (non-hydrogen) atoms. The molecular formula is C12H22N2. The molecule has 80 valence electrons. The Morgan fingerprint density at radius 1 is 1.57 bits per heavy atom. The second-order valence-electron chi connectivity index (χ2n) is 4.38. The summed E-state index contributed by atoms with van der Waals surface area (Å²) < 4.78 is 0. The van der Waals surface area contributed by atoms with Gasteiger partial charge in [0.25, 0.3) is 0 Å². The molecule has 0 aromatic heterocycles. The molecule has 0 aromatic rings. The smallest absolute Gasteiger partial charge is 0.0711 e. The van der Waals surface area contributed by atoms with Crippen molar-refractivity contribution in [2.75, 3.05) is 6.54 Å². The third-order valence-corrected chi connectivity index (χ3v) is 3.66. The van der Waals surface area contributed by atoms with Gasteiger partial charge in [0.15, 0.2) is 0 Å². The number of hydrogen-bond donors (Lipinski definition) is 1. The van der Waals surface area contributed by atoms with Crippen molar-refractivity contribution in [3.05, 3.63) is 0 Å². The summed E-state index contributed by atoms with van der Waals surface area (Å²) in [6, 6.07) is 1.15. The maximum atomic E-state index is 6.04. The molecule has 0 amide bonds. The lowest BCUT2D eigenvalue weighted by molar-refractivity contribution is 0.0754. The van der Waals surface area contributed by atoms with Crippen LogP contribution in [0.1, 0.15) is 33.6 Å². The van der Waals surface area contributed by atoms with E-state index in [1.165, 1.54) is 0 Å². The molecule has 0 aromatic carbocycles. The molecule has 0 saturated carbocycles. The molecule has 0 bridgehead atoms. The zero-order valence-electron chi connectivity index (χ0n) is 9.53. The van der Waals surface area contributed by atoms with Crippen molar-refractivity contribution in [3.8, 4) is 12.3 Å². The van der Waals surface area contributed by atoms with Gasteiger partial charge in [-0.2, -0.15) is 0 Å². The van der Waals surface area contributed by atoms with Gasteiger partial charge in [-0.25, -0.2) is 0 Å². The van der Waals surface area contributed by atoms with Gasteiger partial charge in [0.05, 0.1) is 6.04 Å². The quantitative estimate of drug-likeness (QED) is 0.674. The van der Waals surface area contributed by atoms with Crippen LogP contribution >= 0.6 is 0 Å². The minimum Gasteiger partial charge on any atom is -0.327 e. The van der Waals surface area contributed by atoms with Crippen LogP contribution in [0.3, 0.4) is 0 Å². The van der Waals surface area contributed by atoms with E-state index in [0.29, 0.717) is 24.0 Å². The molecule has 2 heteroatoms. The van der Waals surface area contributed by atoms with Crippen molar-refractivity contribution in [1.29, 1.82) is 0 Å². The summed E-state index contributed by atoms with van der Waals surface area (Å²) in [6.45, 7) is 7.67. The monoisotopic (exact) mass is 194 g/mol. The summed E-state index contributed by atoms with van der Waals surface area (Å²) in [5.41, 5.74) is 6.04. The molecule has 0 spiro atoms. The van der Waals surface area contributed by atoms with Gasteiger partial charge in [-0.15, -0.1) is 6.42 Å². The number of rotatable bonds is 2. The van der Waals surface area contributed by atoms with E-state index in [1.54, 1.807) is 0 Å². The summed E-state index contributed by atoms with van der Waals surface area (Å²) in [5.74, 6) is 3.42. The fourth-order valence-corrected chi connectivity index (χ4v) is 2.31. The Labute approximate surface area is 87.8 Å². The van der Waals surface area contributed by atoms with Gasteiger partial charge in [0.2, 0.25) is 0 Å². The molecule has 1 rings (SSSR count). The van der Waals surface area contributed by atoms with E-state index >= 15 is 0 Å². The lowest BCUT2D eigenvalue weighted by Crippen LogP contribution is -2.54. The molecule has 1 heterocycles. The first-order chi connectivity index (χ1) is 6.61. The first kappa shape index (κ1) is 11.6. The maximum Gasteiger partial charge on any atom is 0.0711 e. The van der Waals surface area contributed by atoms with Gasteiger partial charge in [-0.3, -0.25) is 4.90 Å². The van der Waals surface area contributed by atoms with Gasteiger partial charge in [0, 0.05) is 18.6 Å². The Balaban J connectivity index is 2.68. The predicted molar refractivity (Wildman–Crippen MR) is 60.8 cm³/mol. The largest absolute Gasteiger partial charge is 0.327 e. The molecular weight excluding hydrogens is 172 g/mol. The van der Waals surface area contributed by atoms with Crippen LogP contribution in [0.2, 0.25) is 0 Å². The Morgan fingerprint density at radius 2 is 2.21 bits per heavy atom. The molecule has 1 saturated heterocycles. The first-order valence-electron chi connectivity index (χ1n) is 5.59. The average molecular weight is 194 g/mol. The molecule has 0 aliphatic carbocycles. The number of nitrogens with zero attached hydrogens (tertiary/aromatic N) is 1. The van der Waals surface area contributed by atoms with Crippen LogP contribution in [0.25, 0.3) is 0 Å². The Kier molecular flexibility index (Phi) is 3.97. The standard InChI is InChI=1S/C12H22N2/c1-5-11(6-2)14-8-7-12(13)9(3)10(14)4/h1,9-12H,6-8,13H2,2-4H3. The highest BCUT2D eigenvalue weighted by Crippen LogP contribution is 2.24. The summed E-state index contributed by atoms with van der Waals surface area (Å²) in [5, 5.41) is 0. The second kappa shape index (κ2) is 4.82. The lowest BCUT2D eigenvalue weighted by Gasteiger charge is -2.43. The van der Waals surface area contributed by atoms with Crippen LogP contribution in [0, 0.1) is 18.3 Å². The molecule has 0 radical (unpaired) electrons. The summed E-state index contributed by atoms with van der Waals surface area (Å²) >= 11 is 0. The van der Waals surface area contributed by atoms with Crippen LogP contribution in [0.15, 0.2) is 0 Å². The molecule has 2 nitrogen and oxygen atoms in total. The van der Waals surface area contributed by atoms with E-state index < -0.39 is 0 Å². The van der Waals surface area contributed by atoms with E-state index in [2.05, 4.69) is 31.6 Å². The second-order valence-corrected chi connectivity index (χ2v) is 4.38. The fourth-order valence-electron chi connectivity index (χ4n) is 2.31. The van der Waals surface area contributed by atoms with Crippen molar-refractivity contribution in [3.63, 3.8) is 0 Å². The number of terminal acetylenes is 1. The summed E-state index contributed by atoms with van der Waals surface area (Å²) in [6.07, 6.45) is 7.64. The first-order valence-corrected chi connectivity index (χ1v) is 5.59. The third kappa shape index (κ3) is 2.10. The Morgan fingerprint density at radius 3 is 2.71 bits per heavy atom. The van der Waals surface area contributed by atoms with Crippen LogP contribution in [-0.4, -0.2) is 29.6 Å². The van der Waals surface area contributed by atoms with E-state index in [4.69, 9.17) is 12.2 Å². The van der Waals surface area contributed by atoms with E-state index in [-0.39, 0.29) is 0 Å². The van der Waals surface area contributed by atoms with Crippen LogP contribution in [-0.2, 0) is 0 Å². The highest BCUT2D eigenvalue weighted by Gasteiger charge is 2.32. The highest BCUT2D eigenvalue weighted by atomic mass is 15.2. The van der Waals surface area contributed by atoms with Crippen molar-refractivity contribution in [2.24, 2.45) is 11.7 Å². The number of nitrogens with two attached hydrogens (primary N) is 1. The predicted octanol–water partition coefficient (Wildman–Crippen LogP) is 1.46. The molecule has 4 atom stereocenters. The normalized spacial score (nSPS) is 36.4. The van der Waals surface area contributed by atoms with Crippen molar-refractivity contribution in [2.45, 2.75) is 51.7 Å². The van der Waals surface area contributed by atoms with Crippen LogP contribution in [0.5, 0.6) is 0 Å². The van der Waals surface area contributed by atoms with Gasteiger partial charge < -0.3 is 5.73 Å². The minimum absolute atomic E-state index is 0.292. The molecule has 1 aliphatic heterocycles. The van der Waals surface area contributed by atoms with E-state index in [0.717, 1.165) is 19.4 Å². The summed E-state index contributed by atoms with van der Waals surface area (Å²) in [4.78, 5) is 2.42. The SMILES string of the molecule is C#CC(CC)N1CCC(N)C(C)C1C. The zero-order chi connectivity index (χ0) is 10.7. The van der Waals surface area contributed by atoms with Crippen molar-refractivity contribution >= 4 is 0 Å². The summed E-state index contributed by atoms with van der Waals surface area (Å²) in [7, 11) is 0. The fraction of sp³-hybridized carbons (Fsp3) is 0.833. The highest BCUT2D eigenvalue weighted by molar-refractivity contribution is 5.03. The number of hydrogen-bond acceptors (Lipinski definition) is 2. The van der Waals surface area contributed by atoms with E-state index in [1.807, 2.05) is 0 Å². The Bertz CT molecular complexity index is 219.